The van der Waals surface area contributed by atoms with Crippen LogP contribution in [-0.4, -0.2) is 45.8 Å². The number of hydrogen-bond donors (Lipinski definition) is 0. The zero-order valence-electron chi connectivity index (χ0n) is 11.0. The number of alkyl halides is 1. The third kappa shape index (κ3) is 3.78. The summed E-state index contributed by atoms with van der Waals surface area (Å²) in [5.41, 5.74) is 0. The van der Waals surface area contributed by atoms with Crippen molar-refractivity contribution in [2.24, 2.45) is 0 Å². The first-order valence-corrected chi connectivity index (χ1v) is 10.2. The molecule has 0 atom stereocenters. The minimum absolute atomic E-state index is 0.163. The molecule has 0 bridgehead atoms. The molecule has 114 valence electrons. The Morgan fingerprint density at radius 2 is 1.85 bits per heavy atom. The summed E-state index contributed by atoms with van der Waals surface area (Å²) in [6.45, 7) is 1.95. The molecule has 20 heavy (non-hydrogen) atoms. The Labute approximate surface area is 126 Å². The average Bonchev–Trinajstić information content (AvgIpc) is 2.34. The second-order valence-corrected chi connectivity index (χ2v) is 8.77. The Hall–Kier alpha value is -0.510. The minimum atomic E-state index is -4.06. The summed E-state index contributed by atoms with van der Waals surface area (Å²) in [6.07, 6.45) is 0.937. The first-order valence-electron chi connectivity index (χ1n) is 5.70. The number of sulfone groups is 1. The van der Waals surface area contributed by atoms with Crippen molar-refractivity contribution in [3.8, 4) is 0 Å². The summed E-state index contributed by atoms with van der Waals surface area (Å²) in [5, 5.41) is 0.396. The molecular formula is C11H15BrFNO4S2. The van der Waals surface area contributed by atoms with Crippen LogP contribution in [-0.2, 0) is 19.9 Å². The lowest BCUT2D eigenvalue weighted by Gasteiger charge is -2.20. The number of benzene rings is 1. The van der Waals surface area contributed by atoms with E-state index in [1.54, 1.807) is 6.92 Å². The quantitative estimate of drug-likeness (QED) is 0.549. The topological polar surface area (TPSA) is 71.5 Å². The maximum absolute atomic E-state index is 13.8. The maximum Gasteiger partial charge on any atom is 0.246 e. The highest BCUT2D eigenvalue weighted by atomic mass is 79.9. The van der Waals surface area contributed by atoms with E-state index < -0.39 is 30.6 Å². The summed E-state index contributed by atoms with van der Waals surface area (Å²) < 4.78 is 62.4. The van der Waals surface area contributed by atoms with Crippen molar-refractivity contribution in [3.63, 3.8) is 0 Å². The molecule has 5 nitrogen and oxygen atoms in total. The molecule has 0 unspecified atom stereocenters. The van der Waals surface area contributed by atoms with Gasteiger partial charge in [0, 0.05) is 24.7 Å². The molecule has 1 aromatic rings. The summed E-state index contributed by atoms with van der Waals surface area (Å²) in [4.78, 5) is -0.851. The van der Waals surface area contributed by atoms with Crippen LogP contribution in [0.25, 0.3) is 0 Å². The second kappa shape index (κ2) is 6.50. The van der Waals surface area contributed by atoms with E-state index >= 15 is 0 Å². The van der Waals surface area contributed by atoms with Gasteiger partial charge < -0.3 is 0 Å². The van der Waals surface area contributed by atoms with Crippen LogP contribution in [0.1, 0.15) is 6.92 Å². The van der Waals surface area contributed by atoms with Gasteiger partial charge in [0.1, 0.15) is 10.7 Å². The zero-order valence-corrected chi connectivity index (χ0v) is 14.2. The van der Waals surface area contributed by atoms with E-state index in [4.69, 9.17) is 0 Å². The van der Waals surface area contributed by atoms with Crippen molar-refractivity contribution in [3.05, 3.63) is 24.0 Å². The van der Waals surface area contributed by atoms with Crippen molar-refractivity contribution in [1.29, 1.82) is 0 Å². The molecule has 0 fully saturated rings. The van der Waals surface area contributed by atoms with E-state index in [0.717, 1.165) is 28.8 Å². The van der Waals surface area contributed by atoms with Gasteiger partial charge in [-0.25, -0.2) is 21.2 Å². The Morgan fingerprint density at radius 1 is 1.25 bits per heavy atom. The Morgan fingerprint density at radius 3 is 2.30 bits per heavy atom. The van der Waals surface area contributed by atoms with Gasteiger partial charge >= 0.3 is 0 Å². The van der Waals surface area contributed by atoms with Gasteiger partial charge in [0.15, 0.2) is 9.84 Å². The molecule has 0 spiro atoms. The molecular weight excluding hydrogens is 373 g/mol. The minimum Gasteiger partial charge on any atom is -0.224 e. The molecule has 0 aliphatic heterocycles. The van der Waals surface area contributed by atoms with Gasteiger partial charge in [-0.2, -0.15) is 4.31 Å². The molecule has 0 heterocycles. The van der Waals surface area contributed by atoms with Crippen LogP contribution in [0.3, 0.4) is 0 Å². The standard InChI is InChI=1S/C11H15BrFNO4S2/c1-3-14(7-6-12)20(17,18)11-8-9(19(2,15)16)4-5-10(11)13/h4-5,8H,3,6-7H2,1-2H3. The molecule has 0 amide bonds. The normalized spacial score (nSPS) is 12.8. The Balaban J connectivity index is 3.45. The highest BCUT2D eigenvalue weighted by Crippen LogP contribution is 2.23. The molecule has 0 saturated carbocycles. The third-order valence-corrected chi connectivity index (χ3v) is 6.09. The fourth-order valence-corrected chi connectivity index (χ4v) is 4.52. The largest absolute Gasteiger partial charge is 0.246 e. The highest BCUT2D eigenvalue weighted by molar-refractivity contribution is 9.09. The summed E-state index contributed by atoms with van der Waals surface area (Å²) in [7, 11) is -7.67. The van der Waals surface area contributed by atoms with E-state index in [2.05, 4.69) is 15.9 Å². The molecule has 0 saturated heterocycles. The van der Waals surface area contributed by atoms with E-state index in [1.165, 1.54) is 0 Å². The summed E-state index contributed by atoms with van der Waals surface area (Å²) >= 11 is 3.12. The molecule has 1 rings (SSSR count). The molecule has 1 aromatic carbocycles. The smallest absolute Gasteiger partial charge is 0.224 e. The van der Waals surface area contributed by atoms with Crippen LogP contribution in [0.5, 0.6) is 0 Å². The third-order valence-electron chi connectivity index (χ3n) is 2.64. The van der Waals surface area contributed by atoms with Gasteiger partial charge in [-0.1, -0.05) is 22.9 Å². The van der Waals surface area contributed by atoms with Crippen molar-refractivity contribution in [2.75, 3.05) is 24.7 Å². The van der Waals surface area contributed by atoms with E-state index in [0.29, 0.717) is 5.33 Å². The van der Waals surface area contributed by atoms with Crippen LogP contribution < -0.4 is 0 Å². The average molecular weight is 388 g/mol. The number of rotatable bonds is 6. The fraction of sp³-hybridized carbons (Fsp3) is 0.455. The Bertz CT molecular complexity index is 688. The number of nitrogens with zero attached hydrogens (tertiary/aromatic N) is 1. The Kier molecular flexibility index (Phi) is 5.70. The highest BCUT2D eigenvalue weighted by Gasteiger charge is 2.27. The lowest BCUT2D eigenvalue weighted by molar-refractivity contribution is 0.442. The summed E-state index contributed by atoms with van der Waals surface area (Å²) in [5.74, 6) is -0.967. The molecule has 0 aliphatic carbocycles. The first kappa shape index (κ1) is 17.5. The van der Waals surface area contributed by atoms with E-state index in [-0.39, 0.29) is 18.0 Å². The zero-order chi connectivity index (χ0) is 15.6. The van der Waals surface area contributed by atoms with Crippen LogP contribution in [0.2, 0.25) is 0 Å². The number of hydrogen-bond acceptors (Lipinski definition) is 4. The number of sulfonamides is 1. The number of halogens is 2. The lowest BCUT2D eigenvalue weighted by atomic mass is 10.3. The van der Waals surface area contributed by atoms with Crippen molar-refractivity contribution >= 4 is 35.8 Å². The van der Waals surface area contributed by atoms with Crippen LogP contribution in [0.15, 0.2) is 28.0 Å². The van der Waals surface area contributed by atoms with Crippen LogP contribution in [0, 0.1) is 5.82 Å². The predicted molar refractivity (Wildman–Crippen MR) is 77.7 cm³/mol. The maximum atomic E-state index is 13.8. The SMILES string of the molecule is CCN(CCBr)S(=O)(=O)c1cc(S(C)(=O)=O)ccc1F. The monoisotopic (exact) mass is 387 g/mol. The van der Waals surface area contributed by atoms with Gasteiger partial charge in [-0.15, -0.1) is 0 Å². The van der Waals surface area contributed by atoms with E-state index in [9.17, 15) is 21.2 Å². The predicted octanol–water partition coefficient (Wildman–Crippen LogP) is 1.63. The van der Waals surface area contributed by atoms with Gasteiger partial charge in [-0.3, -0.25) is 0 Å². The fourth-order valence-electron chi connectivity index (χ4n) is 1.59. The van der Waals surface area contributed by atoms with Gasteiger partial charge in [0.2, 0.25) is 10.0 Å². The van der Waals surface area contributed by atoms with Crippen molar-refractivity contribution in [1.82, 2.24) is 4.31 Å². The van der Waals surface area contributed by atoms with Gasteiger partial charge in [0.05, 0.1) is 4.90 Å². The molecule has 9 heteroatoms. The van der Waals surface area contributed by atoms with Crippen LogP contribution >= 0.6 is 15.9 Å². The van der Waals surface area contributed by atoms with Gasteiger partial charge in [-0.05, 0) is 18.2 Å². The molecule has 0 aliphatic rings. The van der Waals surface area contributed by atoms with Crippen molar-refractivity contribution in [2.45, 2.75) is 16.7 Å². The lowest BCUT2D eigenvalue weighted by Crippen LogP contribution is -2.33. The van der Waals surface area contributed by atoms with E-state index in [1.807, 2.05) is 0 Å². The molecule has 0 N–H and O–H groups in total. The van der Waals surface area contributed by atoms with Crippen LogP contribution in [0.4, 0.5) is 4.39 Å². The first-order chi connectivity index (χ1) is 9.14. The second-order valence-electron chi connectivity index (χ2n) is 4.05. The molecule has 0 radical (unpaired) electrons. The summed E-state index contributed by atoms with van der Waals surface area (Å²) in [6, 6.07) is 2.76. The molecule has 0 aromatic heterocycles. The van der Waals surface area contributed by atoms with Crippen molar-refractivity contribution < 1.29 is 21.2 Å². The van der Waals surface area contributed by atoms with Gasteiger partial charge in [0.25, 0.3) is 0 Å².